The molecule has 1 aromatic carbocycles. The number of nitrogens with two attached hydrogens (primary N) is 1. The van der Waals surface area contributed by atoms with Crippen molar-refractivity contribution in [1.82, 2.24) is 0 Å². The van der Waals surface area contributed by atoms with Crippen molar-refractivity contribution in [2.45, 2.75) is 19.4 Å². The van der Waals surface area contributed by atoms with Gasteiger partial charge in [0.2, 0.25) is 0 Å². The highest BCUT2D eigenvalue weighted by Gasteiger charge is 2.30. The van der Waals surface area contributed by atoms with Gasteiger partial charge in [-0.1, -0.05) is 0 Å². The number of rotatable bonds is 5. The molecule has 4 nitrogen and oxygen atoms in total. The number of benzene rings is 1. The van der Waals surface area contributed by atoms with Crippen LogP contribution in [0, 0.1) is 5.82 Å². The Labute approximate surface area is 99.8 Å². The largest absolute Gasteiger partial charge is 0.480 e. The molecule has 3 N–H and O–H groups in total. The van der Waals surface area contributed by atoms with Crippen molar-refractivity contribution in [1.29, 1.82) is 0 Å². The summed E-state index contributed by atoms with van der Waals surface area (Å²) in [5.74, 6) is -1.38. The summed E-state index contributed by atoms with van der Waals surface area (Å²) in [5.41, 5.74) is 5.12. The lowest BCUT2D eigenvalue weighted by atomic mass is 10.0. The first-order valence-corrected chi connectivity index (χ1v) is 5.39. The van der Waals surface area contributed by atoms with E-state index in [4.69, 9.17) is 10.8 Å². The number of anilines is 1. The number of likely N-dealkylation sites (N-methyl/N-ethyl adjacent to an activating group) is 1. The van der Waals surface area contributed by atoms with Gasteiger partial charge in [-0.25, -0.2) is 4.39 Å². The molecule has 0 aliphatic heterocycles. The molecule has 1 unspecified atom stereocenters. The number of hydrogen-bond donors (Lipinski definition) is 2. The number of halogens is 1. The van der Waals surface area contributed by atoms with E-state index in [9.17, 15) is 9.18 Å². The molecule has 0 radical (unpaired) electrons. The lowest BCUT2D eigenvalue weighted by molar-refractivity contribution is -0.142. The zero-order chi connectivity index (χ0) is 13.1. The molecule has 0 bridgehead atoms. The molecule has 0 saturated carbocycles. The molecule has 1 atom stereocenters. The van der Waals surface area contributed by atoms with Crippen LogP contribution in [0.3, 0.4) is 0 Å². The summed E-state index contributed by atoms with van der Waals surface area (Å²) in [6.07, 6.45) is 0. The molecule has 0 saturated heterocycles. The number of carboxylic acids is 1. The second-order valence-electron chi connectivity index (χ2n) is 4.21. The Hall–Kier alpha value is -1.62. The molecule has 0 aromatic heterocycles. The number of aliphatic carboxylic acids is 1. The Morgan fingerprint density at radius 3 is 2.41 bits per heavy atom. The van der Waals surface area contributed by atoms with Crippen molar-refractivity contribution in [3.8, 4) is 0 Å². The third-order valence-electron chi connectivity index (χ3n) is 2.58. The molecule has 0 aliphatic rings. The average molecular weight is 240 g/mol. The summed E-state index contributed by atoms with van der Waals surface area (Å²) in [5, 5.41) is 8.97. The van der Waals surface area contributed by atoms with Gasteiger partial charge in [0.05, 0.1) is 0 Å². The molecule has 0 fully saturated rings. The van der Waals surface area contributed by atoms with Crippen LogP contribution in [0.2, 0.25) is 0 Å². The van der Waals surface area contributed by atoms with Gasteiger partial charge in [-0.2, -0.15) is 0 Å². The van der Waals surface area contributed by atoms with Gasteiger partial charge in [0.1, 0.15) is 11.4 Å². The summed E-state index contributed by atoms with van der Waals surface area (Å²) in [7, 11) is 0. The van der Waals surface area contributed by atoms with Gasteiger partial charge < -0.3 is 15.7 Å². The van der Waals surface area contributed by atoms with Crippen LogP contribution in [0.25, 0.3) is 0 Å². The van der Waals surface area contributed by atoms with E-state index in [1.165, 1.54) is 19.1 Å². The smallest absolute Gasteiger partial charge is 0.325 e. The SMILES string of the molecule is CCN(CC(C)(N)C(=O)O)c1ccc(F)cc1. The van der Waals surface area contributed by atoms with Gasteiger partial charge in [-0.05, 0) is 38.1 Å². The fourth-order valence-electron chi connectivity index (χ4n) is 1.50. The number of carboxylic acid groups (broad SMARTS) is 1. The van der Waals surface area contributed by atoms with Crippen LogP contribution in [0.5, 0.6) is 0 Å². The third-order valence-corrected chi connectivity index (χ3v) is 2.58. The van der Waals surface area contributed by atoms with E-state index >= 15 is 0 Å². The summed E-state index contributed by atoms with van der Waals surface area (Å²) in [6.45, 7) is 4.12. The molecule has 0 amide bonds. The van der Waals surface area contributed by atoms with Crippen LogP contribution < -0.4 is 10.6 Å². The van der Waals surface area contributed by atoms with E-state index in [1.54, 1.807) is 17.0 Å². The van der Waals surface area contributed by atoms with E-state index in [0.29, 0.717) is 6.54 Å². The molecule has 5 heteroatoms. The Kier molecular flexibility index (Phi) is 4.07. The van der Waals surface area contributed by atoms with Gasteiger partial charge in [0, 0.05) is 18.8 Å². The first-order valence-electron chi connectivity index (χ1n) is 5.39. The van der Waals surface area contributed by atoms with E-state index in [0.717, 1.165) is 5.69 Å². The lowest BCUT2D eigenvalue weighted by Gasteiger charge is -2.30. The second-order valence-corrected chi connectivity index (χ2v) is 4.21. The molecular formula is C12H17FN2O2. The maximum Gasteiger partial charge on any atom is 0.325 e. The summed E-state index contributed by atoms with van der Waals surface area (Å²) in [4.78, 5) is 12.7. The third kappa shape index (κ3) is 3.42. The van der Waals surface area contributed by atoms with Gasteiger partial charge in [-0.3, -0.25) is 4.79 Å². The minimum Gasteiger partial charge on any atom is -0.480 e. The van der Waals surface area contributed by atoms with Gasteiger partial charge in [-0.15, -0.1) is 0 Å². The van der Waals surface area contributed by atoms with Crippen LogP contribution in [0.1, 0.15) is 13.8 Å². The summed E-state index contributed by atoms with van der Waals surface area (Å²) < 4.78 is 12.8. The fourth-order valence-corrected chi connectivity index (χ4v) is 1.50. The summed E-state index contributed by atoms with van der Waals surface area (Å²) in [6, 6.07) is 5.90. The van der Waals surface area contributed by atoms with Gasteiger partial charge >= 0.3 is 5.97 Å². The predicted molar refractivity (Wildman–Crippen MR) is 64.5 cm³/mol. The van der Waals surface area contributed by atoms with Crippen LogP contribution in [-0.2, 0) is 4.79 Å². The van der Waals surface area contributed by atoms with Crippen molar-refractivity contribution in [3.63, 3.8) is 0 Å². The van der Waals surface area contributed by atoms with Crippen LogP contribution >= 0.6 is 0 Å². The van der Waals surface area contributed by atoms with Crippen LogP contribution in [-0.4, -0.2) is 29.7 Å². The predicted octanol–water partition coefficient (Wildman–Crippen LogP) is 1.45. The Balaban J connectivity index is 2.86. The number of hydrogen-bond acceptors (Lipinski definition) is 3. The minimum absolute atomic E-state index is 0.171. The maximum absolute atomic E-state index is 12.8. The highest BCUT2D eigenvalue weighted by atomic mass is 19.1. The molecule has 0 spiro atoms. The van der Waals surface area contributed by atoms with E-state index in [2.05, 4.69) is 0 Å². The molecule has 0 heterocycles. The Morgan fingerprint density at radius 2 is 2.00 bits per heavy atom. The van der Waals surface area contributed by atoms with Crippen molar-refractivity contribution in [3.05, 3.63) is 30.1 Å². The zero-order valence-electron chi connectivity index (χ0n) is 9.98. The highest BCUT2D eigenvalue weighted by molar-refractivity contribution is 5.79. The lowest BCUT2D eigenvalue weighted by Crippen LogP contribution is -2.54. The monoisotopic (exact) mass is 240 g/mol. The van der Waals surface area contributed by atoms with E-state index in [-0.39, 0.29) is 12.4 Å². The first-order chi connectivity index (χ1) is 7.86. The Bertz CT molecular complexity index is 390. The fraction of sp³-hybridized carbons (Fsp3) is 0.417. The van der Waals surface area contributed by atoms with Crippen molar-refractivity contribution < 1.29 is 14.3 Å². The summed E-state index contributed by atoms with van der Waals surface area (Å²) >= 11 is 0. The first kappa shape index (κ1) is 13.4. The minimum atomic E-state index is -1.33. The number of nitrogens with zero attached hydrogens (tertiary/aromatic N) is 1. The van der Waals surface area contributed by atoms with E-state index < -0.39 is 11.5 Å². The standard InChI is InChI=1S/C12H17FN2O2/c1-3-15(8-12(2,14)11(16)17)10-6-4-9(13)5-7-10/h4-7H,3,8,14H2,1-2H3,(H,16,17). The quantitative estimate of drug-likeness (QED) is 0.817. The normalized spacial score (nSPS) is 14.1. The molecule has 94 valence electrons. The topological polar surface area (TPSA) is 66.6 Å². The second kappa shape index (κ2) is 5.14. The molecule has 17 heavy (non-hydrogen) atoms. The number of carbonyl (C=O) groups is 1. The average Bonchev–Trinajstić information content (AvgIpc) is 2.27. The molecule has 1 rings (SSSR count). The van der Waals surface area contributed by atoms with Crippen molar-refractivity contribution >= 4 is 11.7 Å². The van der Waals surface area contributed by atoms with Gasteiger partial charge in [0.15, 0.2) is 0 Å². The molecule has 0 aliphatic carbocycles. The van der Waals surface area contributed by atoms with Gasteiger partial charge in [0.25, 0.3) is 0 Å². The van der Waals surface area contributed by atoms with Crippen molar-refractivity contribution in [2.75, 3.05) is 18.0 Å². The van der Waals surface area contributed by atoms with Crippen molar-refractivity contribution in [2.24, 2.45) is 5.73 Å². The molecule has 1 aromatic rings. The highest BCUT2D eigenvalue weighted by Crippen LogP contribution is 2.17. The maximum atomic E-state index is 12.8. The Morgan fingerprint density at radius 1 is 1.47 bits per heavy atom. The van der Waals surface area contributed by atoms with Crippen LogP contribution in [0.4, 0.5) is 10.1 Å². The van der Waals surface area contributed by atoms with E-state index in [1.807, 2.05) is 6.92 Å². The zero-order valence-corrected chi connectivity index (χ0v) is 9.98. The van der Waals surface area contributed by atoms with Crippen LogP contribution in [0.15, 0.2) is 24.3 Å². The molecular weight excluding hydrogens is 223 g/mol.